The van der Waals surface area contributed by atoms with Crippen LogP contribution in [0.15, 0.2) is 30.3 Å². The van der Waals surface area contributed by atoms with E-state index in [4.69, 9.17) is 4.74 Å². The summed E-state index contributed by atoms with van der Waals surface area (Å²) in [7, 11) is 0. The second-order valence-electron chi connectivity index (χ2n) is 6.22. The maximum absolute atomic E-state index is 13.1. The van der Waals surface area contributed by atoms with Crippen molar-refractivity contribution in [3.63, 3.8) is 0 Å². The van der Waals surface area contributed by atoms with Gasteiger partial charge in [-0.15, -0.1) is 0 Å². The largest absolute Gasteiger partial charge is 0.452 e. The number of hydrogen-bond donors (Lipinski definition) is 0. The topological polar surface area (TPSA) is 68.6 Å². The first-order valence-electron chi connectivity index (χ1n) is 8.33. The number of carbonyl (C=O) groups excluding carboxylic acids is 3. The Morgan fingerprint density at radius 1 is 1.19 bits per heavy atom. The van der Waals surface area contributed by atoms with Crippen LogP contribution in [0.2, 0.25) is 0 Å². The number of nitrogens with zero attached hydrogens (tertiary/aromatic N) is 2. The Balaban J connectivity index is 1.74. The van der Waals surface area contributed by atoms with Gasteiger partial charge in [-0.05, 0) is 50.6 Å². The van der Waals surface area contributed by atoms with Crippen LogP contribution in [0, 0.1) is 19.7 Å². The van der Waals surface area contributed by atoms with Crippen LogP contribution >= 0.6 is 0 Å². The molecule has 1 saturated heterocycles. The molecule has 3 rings (SSSR count). The number of aromatic nitrogens is 1. The number of aryl methyl sites for hydroxylation is 1. The van der Waals surface area contributed by atoms with Gasteiger partial charge in [0.2, 0.25) is 5.91 Å². The smallest absolute Gasteiger partial charge is 0.340 e. The maximum atomic E-state index is 13.1. The number of likely N-dealkylation sites (tertiary alicyclic amines) is 1. The highest BCUT2D eigenvalue weighted by Gasteiger charge is 2.27. The van der Waals surface area contributed by atoms with Crippen molar-refractivity contribution >= 4 is 17.8 Å². The first kappa shape index (κ1) is 17.8. The van der Waals surface area contributed by atoms with E-state index in [0.717, 1.165) is 16.3 Å². The highest BCUT2D eigenvalue weighted by molar-refractivity contribution is 5.99. The fourth-order valence-corrected chi connectivity index (χ4v) is 3.15. The maximum Gasteiger partial charge on any atom is 0.340 e. The van der Waals surface area contributed by atoms with Crippen molar-refractivity contribution in [2.75, 3.05) is 13.2 Å². The first-order chi connectivity index (χ1) is 12.4. The summed E-state index contributed by atoms with van der Waals surface area (Å²) >= 11 is 0. The average Bonchev–Trinajstić information content (AvgIpc) is 3.17. The van der Waals surface area contributed by atoms with Crippen LogP contribution in [-0.4, -0.2) is 40.4 Å². The number of benzene rings is 1. The van der Waals surface area contributed by atoms with E-state index in [2.05, 4.69) is 0 Å². The lowest BCUT2D eigenvalue weighted by molar-refractivity contribution is -0.143. The fourth-order valence-electron chi connectivity index (χ4n) is 3.15. The number of carbonyl (C=O) groups is 3. The van der Waals surface area contributed by atoms with Gasteiger partial charge in [-0.3, -0.25) is 14.5 Å². The Labute approximate surface area is 150 Å². The van der Waals surface area contributed by atoms with E-state index in [1.807, 2.05) is 11.5 Å². The Bertz CT molecular complexity index is 870. The third-order valence-electron chi connectivity index (χ3n) is 4.44. The predicted molar refractivity (Wildman–Crippen MR) is 91.4 cm³/mol. The van der Waals surface area contributed by atoms with Crippen molar-refractivity contribution in [3.8, 4) is 5.69 Å². The molecule has 1 aliphatic rings. The van der Waals surface area contributed by atoms with Crippen molar-refractivity contribution in [2.24, 2.45) is 0 Å². The molecule has 6 nitrogen and oxygen atoms in total. The summed E-state index contributed by atoms with van der Waals surface area (Å²) in [5, 5.41) is 0. The van der Waals surface area contributed by atoms with Crippen LogP contribution < -0.4 is 0 Å². The zero-order chi connectivity index (χ0) is 18.8. The Morgan fingerprint density at radius 2 is 1.88 bits per heavy atom. The van der Waals surface area contributed by atoms with Gasteiger partial charge in [-0.1, -0.05) is 0 Å². The molecule has 1 fully saturated rings. The molecule has 0 saturated carbocycles. The minimum absolute atomic E-state index is 0.236. The number of halogens is 1. The third kappa shape index (κ3) is 3.37. The zero-order valence-electron chi connectivity index (χ0n) is 14.6. The number of rotatable bonds is 4. The molecule has 0 unspecified atom stereocenters. The lowest BCUT2D eigenvalue weighted by atomic mass is 10.2. The standard InChI is InChI=1S/C19H19FN2O4/c1-12-10-16(13(2)22(12)15-7-5-14(20)6-8-15)19(25)26-11-18(24)21-9-3-4-17(21)23/h5-8,10H,3-4,9,11H2,1-2H3. The highest BCUT2D eigenvalue weighted by Crippen LogP contribution is 2.22. The van der Waals surface area contributed by atoms with Gasteiger partial charge in [0.25, 0.3) is 5.91 Å². The van der Waals surface area contributed by atoms with Crippen LogP contribution in [-0.2, 0) is 14.3 Å². The van der Waals surface area contributed by atoms with Crippen LogP contribution in [0.1, 0.15) is 34.6 Å². The molecule has 1 aliphatic heterocycles. The van der Waals surface area contributed by atoms with E-state index in [0.29, 0.717) is 30.6 Å². The molecule has 1 aromatic heterocycles. The molecule has 0 aliphatic carbocycles. The van der Waals surface area contributed by atoms with Crippen molar-refractivity contribution in [1.29, 1.82) is 0 Å². The summed E-state index contributed by atoms with van der Waals surface area (Å²) in [4.78, 5) is 37.0. The second kappa shape index (κ2) is 7.11. The van der Waals surface area contributed by atoms with Crippen LogP contribution in [0.4, 0.5) is 4.39 Å². The fraction of sp³-hybridized carbons (Fsp3) is 0.316. The molecular weight excluding hydrogens is 339 g/mol. The number of ether oxygens (including phenoxy) is 1. The second-order valence-corrected chi connectivity index (χ2v) is 6.22. The minimum Gasteiger partial charge on any atom is -0.452 e. The van der Waals surface area contributed by atoms with Gasteiger partial charge in [-0.25, -0.2) is 9.18 Å². The summed E-state index contributed by atoms with van der Waals surface area (Å²) in [6.07, 6.45) is 0.982. The number of hydrogen-bond acceptors (Lipinski definition) is 4. The summed E-state index contributed by atoms with van der Waals surface area (Å²) in [6, 6.07) is 7.59. The van der Waals surface area contributed by atoms with E-state index < -0.39 is 18.5 Å². The average molecular weight is 358 g/mol. The van der Waals surface area contributed by atoms with E-state index in [-0.39, 0.29) is 11.7 Å². The molecule has 136 valence electrons. The van der Waals surface area contributed by atoms with Crippen molar-refractivity contribution in [1.82, 2.24) is 9.47 Å². The van der Waals surface area contributed by atoms with Gasteiger partial charge in [0, 0.05) is 30.0 Å². The molecule has 0 atom stereocenters. The van der Waals surface area contributed by atoms with Crippen molar-refractivity contribution in [2.45, 2.75) is 26.7 Å². The van der Waals surface area contributed by atoms with Gasteiger partial charge in [0.15, 0.2) is 6.61 Å². The van der Waals surface area contributed by atoms with Gasteiger partial charge < -0.3 is 9.30 Å². The molecule has 1 aromatic carbocycles. The molecule has 0 bridgehead atoms. The minimum atomic E-state index is -0.633. The van der Waals surface area contributed by atoms with E-state index in [1.54, 1.807) is 25.1 Å². The predicted octanol–water partition coefficient (Wildman–Crippen LogP) is 2.54. The highest BCUT2D eigenvalue weighted by atomic mass is 19.1. The SMILES string of the molecule is Cc1cc(C(=O)OCC(=O)N2CCCC2=O)c(C)n1-c1ccc(F)cc1. The van der Waals surface area contributed by atoms with E-state index in [9.17, 15) is 18.8 Å². The number of amides is 2. The third-order valence-corrected chi connectivity index (χ3v) is 4.44. The summed E-state index contributed by atoms with van der Waals surface area (Å²) in [5.74, 6) is -1.72. The zero-order valence-corrected chi connectivity index (χ0v) is 14.6. The van der Waals surface area contributed by atoms with Gasteiger partial charge in [-0.2, -0.15) is 0 Å². The van der Waals surface area contributed by atoms with E-state index in [1.165, 1.54) is 12.1 Å². The molecule has 2 aromatic rings. The molecule has 0 spiro atoms. The number of imide groups is 1. The lowest BCUT2D eigenvalue weighted by Crippen LogP contribution is -2.35. The van der Waals surface area contributed by atoms with Gasteiger partial charge >= 0.3 is 5.97 Å². The van der Waals surface area contributed by atoms with E-state index >= 15 is 0 Å². The molecule has 2 heterocycles. The Morgan fingerprint density at radius 3 is 2.50 bits per heavy atom. The normalized spacial score (nSPS) is 14.0. The molecule has 0 radical (unpaired) electrons. The summed E-state index contributed by atoms with van der Waals surface area (Å²) in [5.41, 5.74) is 2.46. The van der Waals surface area contributed by atoms with Crippen LogP contribution in [0.25, 0.3) is 5.69 Å². The van der Waals surface area contributed by atoms with Crippen LogP contribution in [0.3, 0.4) is 0 Å². The quantitative estimate of drug-likeness (QED) is 0.788. The number of esters is 1. The Kier molecular flexibility index (Phi) is 4.88. The molecule has 2 amide bonds. The summed E-state index contributed by atoms with van der Waals surface area (Å²) in [6.45, 7) is 3.47. The molecule has 26 heavy (non-hydrogen) atoms. The lowest BCUT2D eigenvalue weighted by Gasteiger charge is -2.13. The Hall–Kier alpha value is -2.96. The van der Waals surface area contributed by atoms with Crippen molar-refractivity contribution < 1.29 is 23.5 Å². The van der Waals surface area contributed by atoms with Gasteiger partial charge in [0.1, 0.15) is 5.82 Å². The van der Waals surface area contributed by atoms with Crippen LogP contribution in [0.5, 0.6) is 0 Å². The monoisotopic (exact) mass is 358 g/mol. The van der Waals surface area contributed by atoms with Crippen molar-refractivity contribution in [3.05, 3.63) is 53.1 Å². The van der Waals surface area contributed by atoms with Gasteiger partial charge in [0.05, 0.1) is 5.56 Å². The molecule has 7 heteroatoms. The molecular formula is C19H19FN2O4. The summed E-state index contributed by atoms with van der Waals surface area (Å²) < 4.78 is 20.0. The molecule has 0 N–H and O–H groups in total. The first-order valence-corrected chi connectivity index (χ1v) is 8.33.